The molecule has 1 heterocycles. The molecule has 0 aliphatic heterocycles. The lowest BCUT2D eigenvalue weighted by molar-refractivity contribution is -0.385. The van der Waals surface area contributed by atoms with E-state index in [4.69, 9.17) is 11.6 Å². The minimum absolute atomic E-state index is 0.0717. The van der Waals surface area contributed by atoms with Gasteiger partial charge >= 0.3 is 0 Å². The van der Waals surface area contributed by atoms with Gasteiger partial charge in [0.05, 0.1) is 15.5 Å². The number of rotatable bonds is 6. The van der Waals surface area contributed by atoms with Crippen LogP contribution in [0.15, 0.2) is 42.6 Å². The second kappa shape index (κ2) is 7.37. The molecule has 1 amide bonds. The topological polar surface area (TPSA) is 97.2 Å². The highest BCUT2D eigenvalue weighted by atomic mass is 35.5. The van der Waals surface area contributed by atoms with E-state index in [1.165, 1.54) is 18.3 Å². The number of anilines is 1. The molecule has 0 aliphatic rings. The number of nitro groups is 1. The molecule has 0 bridgehead atoms. The normalized spacial score (nSPS) is 10.0. The molecule has 0 spiro atoms. The molecule has 114 valence electrons. The molecule has 0 unspecified atom stereocenters. The van der Waals surface area contributed by atoms with Crippen molar-refractivity contribution in [2.24, 2.45) is 0 Å². The van der Waals surface area contributed by atoms with E-state index in [2.05, 4.69) is 15.6 Å². The lowest BCUT2D eigenvalue weighted by Crippen LogP contribution is -2.29. The smallest absolute Gasteiger partial charge is 0.287 e. The Kier molecular flexibility index (Phi) is 5.26. The van der Waals surface area contributed by atoms with Crippen molar-refractivity contribution in [2.45, 2.75) is 0 Å². The first-order chi connectivity index (χ1) is 10.6. The van der Waals surface area contributed by atoms with Gasteiger partial charge in [0, 0.05) is 19.2 Å². The molecule has 0 saturated carbocycles. The minimum Gasteiger partial charge on any atom is -0.368 e. The fourth-order valence-corrected chi connectivity index (χ4v) is 1.93. The van der Waals surface area contributed by atoms with E-state index in [-0.39, 0.29) is 11.6 Å². The van der Waals surface area contributed by atoms with Crippen molar-refractivity contribution >= 4 is 29.0 Å². The van der Waals surface area contributed by atoms with E-state index in [0.29, 0.717) is 29.5 Å². The fraction of sp³-hybridized carbons (Fsp3) is 0.143. The SMILES string of the molecule is O=C(NCCNc1ccc([N+](=O)[O-])cn1)c1ccccc1Cl. The zero-order valence-corrected chi connectivity index (χ0v) is 12.2. The van der Waals surface area contributed by atoms with Gasteiger partial charge in [-0.25, -0.2) is 4.98 Å². The van der Waals surface area contributed by atoms with Crippen molar-refractivity contribution in [2.75, 3.05) is 18.4 Å². The van der Waals surface area contributed by atoms with Gasteiger partial charge in [0.25, 0.3) is 11.6 Å². The lowest BCUT2D eigenvalue weighted by atomic mass is 10.2. The van der Waals surface area contributed by atoms with Gasteiger partial charge in [-0.05, 0) is 18.2 Å². The summed E-state index contributed by atoms with van der Waals surface area (Å²) >= 11 is 5.93. The highest BCUT2D eigenvalue weighted by molar-refractivity contribution is 6.33. The number of aromatic nitrogens is 1. The quantitative estimate of drug-likeness (QED) is 0.484. The second-order valence-corrected chi connectivity index (χ2v) is 4.73. The molecule has 2 N–H and O–H groups in total. The van der Waals surface area contributed by atoms with Crippen LogP contribution in [0, 0.1) is 10.1 Å². The molecule has 1 aromatic carbocycles. The summed E-state index contributed by atoms with van der Waals surface area (Å²) in [5, 5.41) is 16.6. The standard InChI is InChI=1S/C14H13ClN4O3/c15-12-4-2-1-3-11(12)14(20)17-8-7-16-13-6-5-10(9-18-13)19(21)22/h1-6,9H,7-8H2,(H,16,18)(H,17,20). The van der Waals surface area contributed by atoms with Gasteiger partial charge in [-0.1, -0.05) is 23.7 Å². The molecule has 0 fully saturated rings. The summed E-state index contributed by atoms with van der Waals surface area (Å²) in [6.45, 7) is 0.795. The van der Waals surface area contributed by atoms with Gasteiger partial charge < -0.3 is 10.6 Å². The molecule has 0 saturated heterocycles. The first kappa shape index (κ1) is 15.7. The first-order valence-corrected chi connectivity index (χ1v) is 6.83. The predicted octanol–water partition coefficient (Wildman–Crippen LogP) is 2.49. The van der Waals surface area contributed by atoms with Gasteiger partial charge in [0.1, 0.15) is 12.0 Å². The molecule has 8 heteroatoms. The van der Waals surface area contributed by atoms with Gasteiger partial charge in [0.2, 0.25) is 0 Å². The number of benzene rings is 1. The molecule has 0 atom stereocenters. The van der Waals surface area contributed by atoms with Crippen molar-refractivity contribution in [3.8, 4) is 0 Å². The molecular weight excluding hydrogens is 308 g/mol. The van der Waals surface area contributed by atoms with E-state index in [9.17, 15) is 14.9 Å². The number of amides is 1. The predicted molar refractivity (Wildman–Crippen MR) is 83.2 cm³/mol. The summed E-state index contributed by atoms with van der Waals surface area (Å²) in [4.78, 5) is 25.8. The van der Waals surface area contributed by atoms with Crippen molar-refractivity contribution < 1.29 is 9.72 Å². The third-order valence-electron chi connectivity index (χ3n) is 2.79. The Morgan fingerprint density at radius 1 is 1.23 bits per heavy atom. The first-order valence-electron chi connectivity index (χ1n) is 6.45. The molecule has 22 heavy (non-hydrogen) atoms. The number of hydrogen-bond acceptors (Lipinski definition) is 5. The Morgan fingerprint density at radius 3 is 2.64 bits per heavy atom. The number of pyridine rings is 1. The lowest BCUT2D eigenvalue weighted by Gasteiger charge is -2.08. The zero-order chi connectivity index (χ0) is 15.9. The average Bonchev–Trinajstić information content (AvgIpc) is 2.52. The van der Waals surface area contributed by atoms with Crippen LogP contribution in [0.2, 0.25) is 5.02 Å². The van der Waals surface area contributed by atoms with Crippen LogP contribution in [0.4, 0.5) is 11.5 Å². The summed E-state index contributed by atoms with van der Waals surface area (Å²) in [5.74, 6) is 0.238. The molecule has 2 aromatic rings. The number of hydrogen-bond donors (Lipinski definition) is 2. The van der Waals surface area contributed by atoms with Crippen molar-refractivity contribution in [1.82, 2.24) is 10.3 Å². The maximum Gasteiger partial charge on any atom is 0.287 e. The summed E-state index contributed by atoms with van der Waals surface area (Å²) in [6.07, 6.45) is 1.17. The molecule has 2 rings (SSSR count). The van der Waals surface area contributed by atoms with Crippen LogP contribution in [0.25, 0.3) is 0 Å². The van der Waals surface area contributed by atoms with Crippen LogP contribution in [-0.4, -0.2) is 28.9 Å². The number of carbonyl (C=O) groups excluding carboxylic acids is 1. The Balaban J connectivity index is 1.78. The average molecular weight is 321 g/mol. The molecule has 1 aromatic heterocycles. The summed E-state index contributed by atoms with van der Waals surface area (Å²) < 4.78 is 0. The van der Waals surface area contributed by atoms with E-state index in [1.54, 1.807) is 24.3 Å². The van der Waals surface area contributed by atoms with Gasteiger partial charge in [-0.3, -0.25) is 14.9 Å². The summed E-state index contributed by atoms with van der Waals surface area (Å²) in [6, 6.07) is 9.64. The van der Waals surface area contributed by atoms with Crippen molar-refractivity contribution in [1.29, 1.82) is 0 Å². The van der Waals surface area contributed by atoms with E-state index in [0.717, 1.165) is 0 Å². The number of nitrogens with one attached hydrogen (secondary N) is 2. The Hall–Kier alpha value is -2.67. The monoisotopic (exact) mass is 320 g/mol. The molecule has 0 radical (unpaired) electrons. The van der Waals surface area contributed by atoms with Gasteiger partial charge in [-0.15, -0.1) is 0 Å². The number of halogens is 1. The van der Waals surface area contributed by atoms with Gasteiger partial charge in [-0.2, -0.15) is 0 Å². The van der Waals surface area contributed by atoms with E-state index in [1.807, 2.05) is 0 Å². The largest absolute Gasteiger partial charge is 0.368 e. The molecular formula is C14H13ClN4O3. The Bertz CT molecular complexity index is 676. The zero-order valence-electron chi connectivity index (χ0n) is 11.5. The summed E-state index contributed by atoms with van der Waals surface area (Å²) in [5.41, 5.74) is 0.343. The van der Waals surface area contributed by atoms with Crippen molar-refractivity contribution in [3.05, 3.63) is 63.3 Å². The Morgan fingerprint density at radius 2 is 2.00 bits per heavy atom. The maximum absolute atomic E-state index is 11.9. The van der Waals surface area contributed by atoms with Crippen LogP contribution in [-0.2, 0) is 0 Å². The summed E-state index contributed by atoms with van der Waals surface area (Å²) in [7, 11) is 0. The van der Waals surface area contributed by atoms with E-state index < -0.39 is 4.92 Å². The van der Waals surface area contributed by atoms with Gasteiger partial charge in [0.15, 0.2) is 0 Å². The maximum atomic E-state index is 11.9. The van der Waals surface area contributed by atoms with Crippen LogP contribution >= 0.6 is 11.6 Å². The van der Waals surface area contributed by atoms with E-state index >= 15 is 0 Å². The molecule has 7 nitrogen and oxygen atoms in total. The molecule has 0 aliphatic carbocycles. The van der Waals surface area contributed by atoms with Crippen LogP contribution < -0.4 is 10.6 Å². The highest BCUT2D eigenvalue weighted by Gasteiger charge is 2.08. The fourth-order valence-electron chi connectivity index (χ4n) is 1.71. The van der Waals surface area contributed by atoms with Crippen LogP contribution in [0.3, 0.4) is 0 Å². The third-order valence-corrected chi connectivity index (χ3v) is 3.12. The Labute approximate surface area is 131 Å². The number of nitrogens with zero attached hydrogens (tertiary/aromatic N) is 2. The van der Waals surface area contributed by atoms with Crippen LogP contribution in [0.1, 0.15) is 10.4 Å². The second-order valence-electron chi connectivity index (χ2n) is 4.32. The third kappa shape index (κ3) is 4.16. The van der Waals surface area contributed by atoms with Crippen LogP contribution in [0.5, 0.6) is 0 Å². The van der Waals surface area contributed by atoms with Crippen molar-refractivity contribution in [3.63, 3.8) is 0 Å². The highest BCUT2D eigenvalue weighted by Crippen LogP contribution is 2.14. The minimum atomic E-state index is -0.513. The number of carbonyl (C=O) groups is 1.